The zero-order chi connectivity index (χ0) is 21.6. The highest BCUT2D eigenvalue weighted by molar-refractivity contribution is 5.70. The minimum absolute atomic E-state index is 0.0669. The molecule has 5 nitrogen and oxygen atoms in total. The number of nitrogens with two attached hydrogens (primary N) is 1. The molecule has 2 aliphatic heterocycles. The van der Waals surface area contributed by atoms with Crippen molar-refractivity contribution in [3.8, 4) is 34.5 Å². The van der Waals surface area contributed by atoms with Crippen LogP contribution in [0.5, 0.6) is 11.5 Å². The fraction of sp³-hybridized carbons (Fsp3) is 0.231. The number of rotatable bonds is 1. The highest BCUT2D eigenvalue weighted by Crippen LogP contribution is 2.51. The van der Waals surface area contributed by atoms with Crippen molar-refractivity contribution in [3.05, 3.63) is 83.7 Å². The van der Waals surface area contributed by atoms with Crippen LogP contribution in [0.3, 0.4) is 0 Å². The standard InChI is InChI=1S/C26H24N4O/c1-25(2,3)9-8-17-4-6-22-20(10-17)26(12-24(27)30-15-26)21-11-18(5-7-23(21)31-22)19-13-28-16-29-14-19/h4-7,10-14,16,30H,15,27H2,1-3H3/t26-/m0/s1. The van der Waals surface area contributed by atoms with Gasteiger partial charge in [-0.05, 0) is 62.7 Å². The number of benzene rings is 2. The van der Waals surface area contributed by atoms with E-state index in [2.05, 4.69) is 66.1 Å². The molecule has 0 saturated carbocycles. The SMILES string of the molecule is CC(C)(C)C#Cc1ccc2c(c1)[C@@]1(C=C(N)NC1)c1cc(-c3cncnc3)ccc1O2. The maximum absolute atomic E-state index is 6.31. The molecule has 2 aliphatic rings. The first kappa shape index (κ1) is 19.2. The number of aromatic nitrogens is 2. The van der Waals surface area contributed by atoms with Gasteiger partial charge in [-0.15, -0.1) is 0 Å². The van der Waals surface area contributed by atoms with Crippen molar-refractivity contribution in [2.75, 3.05) is 6.54 Å². The average Bonchev–Trinajstić information content (AvgIpc) is 3.15. The maximum Gasteiger partial charge on any atom is 0.132 e. The van der Waals surface area contributed by atoms with Crippen LogP contribution in [-0.2, 0) is 5.41 Å². The van der Waals surface area contributed by atoms with E-state index in [0.717, 1.165) is 39.3 Å². The Bertz CT molecular complexity index is 1260. The Hall–Kier alpha value is -3.78. The van der Waals surface area contributed by atoms with Crippen LogP contribution in [0.1, 0.15) is 37.5 Å². The quantitative estimate of drug-likeness (QED) is 0.586. The van der Waals surface area contributed by atoms with Gasteiger partial charge >= 0.3 is 0 Å². The topological polar surface area (TPSA) is 73.1 Å². The molecule has 3 heterocycles. The molecule has 0 aliphatic carbocycles. The summed E-state index contributed by atoms with van der Waals surface area (Å²) in [5, 5.41) is 3.32. The van der Waals surface area contributed by atoms with Gasteiger partial charge in [0.1, 0.15) is 17.8 Å². The first-order valence-electron chi connectivity index (χ1n) is 10.3. The second kappa shape index (κ2) is 6.88. The summed E-state index contributed by atoms with van der Waals surface area (Å²) in [5.41, 5.74) is 10.8. The molecule has 1 spiro atoms. The third kappa shape index (κ3) is 3.40. The summed E-state index contributed by atoms with van der Waals surface area (Å²) in [6.45, 7) is 6.99. The molecule has 5 rings (SSSR count). The lowest BCUT2D eigenvalue weighted by Gasteiger charge is -2.36. The summed E-state index contributed by atoms with van der Waals surface area (Å²) in [5.74, 6) is 8.97. The highest BCUT2D eigenvalue weighted by Gasteiger charge is 2.44. The van der Waals surface area contributed by atoms with Gasteiger partial charge in [0, 0.05) is 46.6 Å². The zero-order valence-electron chi connectivity index (χ0n) is 17.9. The second-order valence-corrected chi connectivity index (χ2v) is 9.08. The molecule has 1 aromatic heterocycles. The lowest BCUT2D eigenvalue weighted by atomic mass is 9.72. The van der Waals surface area contributed by atoms with Gasteiger partial charge in [-0.25, -0.2) is 9.97 Å². The van der Waals surface area contributed by atoms with Crippen LogP contribution in [0, 0.1) is 17.3 Å². The molecule has 0 saturated heterocycles. The maximum atomic E-state index is 6.31. The number of hydrogen-bond acceptors (Lipinski definition) is 5. The van der Waals surface area contributed by atoms with E-state index < -0.39 is 5.41 Å². The van der Waals surface area contributed by atoms with Crippen molar-refractivity contribution < 1.29 is 4.74 Å². The molecule has 1 atom stereocenters. The second-order valence-electron chi connectivity index (χ2n) is 9.08. The van der Waals surface area contributed by atoms with E-state index in [1.807, 2.05) is 36.7 Å². The lowest BCUT2D eigenvalue weighted by molar-refractivity contribution is 0.424. The molecule has 3 N–H and O–H groups in total. The van der Waals surface area contributed by atoms with Crippen molar-refractivity contribution in [1.82, 2.24) is 15.3 Å². The molecule has 2 aromatic carbocycles. The monoisotopic (exact) mass is 408 g/mol. The van der Waals surface area contributed by atoms with Crippen LogP contribution in [0.4, 0.5) is 0 Å². The molecule has 3 aromatic rings. The molecule has 0 unspecified atom stereocenters. The highest BCUT2D eigenvalue weighted by atomic mass is 16.5. The van der Waals surface area contributed by atoms with E-state index in [9.17, 15) is 0 Å². The van der Waals surface area contributed by atoms with E-state index in [4.69, 9.17) is 10.5 Å². The van der Waals surface area contributed by atoms with E-state index in [1.165, 1.54) is 6.33 Å². The number of nitrogens with one attached hydrogen (secondary N) is 1. The summed E-state index contributed by atoms with van der Waals surface area (Å²) in [4.78, 5) is 8.32. The van der Waals surface area contributed by atoms with Gasteiger partial charge in [0.15, 0.2) is 0 Å². The van der Waals surface area contributed by atoms with E-state index >= 15 is 0 Å². The fourth-order valence-electron chi connectivity index (χ4n) is 4.12. The van der Waals surface area contributed by atoms with Crippen molar-refractivity contribution in [2.24, 2.45) is 11.1 Å². The summed E-state index contributed by atoms with van der Waals surface area (Å²) < 4.78 is 6.31. The largest absolute Gasteiger partial charge is 0.457 e. The molecule has 31 heavy (non-hydrogen) atoms. The van der Waals surface area contributed by atoms with E-state index in [-0.39, 0.29) is 5.41 Å². The summed E-state index contributed by atoms with van der Waals surface area (Å²) in [6.07, 6.45) is 7.26. The van der Waals surface area contributed by atoms with Gasteiger partial charge < -0.3 is 15.8 Å². The Labute approximate surface area is 182 Å². The van der Waals surface area contributed by atoms with Crippen molar-refractivity contribution in [2.45, 2.75) is 26.2 Å². The van der Waals surface area contributed by atoms with E-state index in [1.54, 1.807) is 0 Å². The molecule has 0 fully saturated rings. The van der Waals surface area contributed by atoms with Gasteiger partial charge in [0.05, 0.1) is 11.2 Å². The van der Waals surface area contributed by atoms with Crippen LogP contribution < -0.4 is 15.8 Å². The number of hydrogen-bond donors (Lipinski definition) is 2. The predicted octanol–water partition coefficient (Wildman–Crippen LogP) is 4.34. The molecule has 0 amide bonds. The Morgan fingerprint density at radius 2 is 1.71 bits per heavy atom. The molecule has 0 radical (unpaired) electrons. The molecule has 5 heteroatoms. The van der Waals surface area contributed by atoms with Crippen LogP contribution in [0.2, 0.25) is 0 Å². The summed E-state index contributed by atoms with van der Waals surface area (Å²) in [7, 11) is 0. The molecule has 154 valence electrons. The molecular weight excluding hydrogens is 384 g/mol. The zero-order valence-corrected chi connectivity index (χ0v) is 17.9. The third-order valence-corrected chi connectivity index (χ3v) is 5.59. The smallest absolute Gasteiger partial charge is 0.132 e. The van der Waals surface area contributed by atoms with Crippen molar-refractivity contribution in [1.29, 1.82) is 0 Å². The number of fused-ring (bicyclic) bond motifs is 4. The Morgan fingerprint density at radius 1 is 1.00 bits per heavy atom. The van der Waals surface area contributed by atoms with E-state index in [0.29, 0.717) is 12.4 Å². The average molecular weight is 409 g/mol. The van der Waals surface area contributed by atoms with Crippen LogP contribution in [0.25, 0.3) is 11.1 Å². The Kier molecular flexibility index (Phi) is 4.26. The third-order valence-electron chi connectivity index (χ3n) is 5.59. The fourth-order valence-corrected chi connectivity index (χ4v) is 4.12. The summed E-state index contributed by atoms with van der Waals surface area (Å²) >= 11 is 0. The van der Waals surface area contributed by atoms with Gasteiger partial charge in [0.2, 0.25) is 0 Å². The van der Waals surface area contributed by atoms with Gasteiger partial charge in [-0.3, -0.25) is 0 Å². The predicted molar refractivity (Wildman–Crippen MR) is 121 cm³/mol. The van der Waals surface area contributed by atoms with Crippen molar-refractivity contribution >= 4 is 0 Å². The molecule has 0 bridgehead atoms. The summed E-state index contributed by atoms with van der Waals surface area (Å²) in [6, 6.07) is 12.4. The van der Waals surface area contributed by atoms with Gasteiger partial charge in [-0.2, -0.15) is 0 Å². The van der Waals surface area contributed by atoms with Crippen LogP contribution in [-0.4, -0.2) is 16.5 Å². The first-order chi connectivity index (χ1) is 14.8. The van der Waals surface area contributed by atoms with Crippen LogP contribution >= 0.6 is 0 Å². The minimum Gasteiger partial charge on any atom is -0.457 e. The first-order valence-corrected chi connectivity index (χ1v) is 10.3. The Morgan fingerprint density at radius 3 is 2.39 bits per heavy atom. The number of nitrogens with zero attached hydrogens (tertiary/aromatic N) is 2. The van der Waals surface area contributed by atoms with Gasteiger partial charge in [-0.1, -0.05) is 17.9 Å². The number of ether oxygens (including phenoxy) is 1. The Balaban J connectivity index is 1.69. The van der Waals surface area contributed by atoms with Crippen molar-refractivity contribution in [3.63, 3.8) is 0 Å². The van der Waals surface area contributed by atoms with Crippen LogP contribution in [0.15, 0.2) is 67.0 Å². The lowest BCUT2D eigenvalue weighted by Crippen LogP contribution is -2.34. The minimum atomic E-state index is -0.432. The molecular formula is C26H24N4O. The van der Waals surface area contributed by atoms with Gasteiger partial charge in [0.25, 0.3) is 0 Å². The normalized spacial score (nSPS) is 18.7.